The minimum atomic E-state index is -0.252. The zero-order valence-corrected chi connectivity index (χ0v) is 15.0. The first-order chi connectivity index (χ1) is 13.1. The molecule has 1 N–H and O–H groups in total. The van der Waals surface area contributed by atoms with Crippen LogP contribution in [0.5, 0.6) is 0 Å². The number of pyridine rings is 1. The molecule has 0 saturated carbocycles. The number of para-hydroxylation sites is 1. The Kier molecular flexibility index (Phi) is 4.59. The maximum absolute atomic E-state index is 13.0. The van der Waals surface area contributed by atoms with E-state index in [2.05, 4.69) is 23.3 Å². The number of benzene rings is 2. The van der Waals surface area contributed by atoms with Crippen LogP contribution >= 0.6 is 0 Å². The van der Waals surface area contributed by atoms with Crippen molar-refractivity contribution in [3.63, 3.8) is 0 Å². The predicted molar refractivity (Wildman–Crippen MR) is 104 cm³/mol. The molecule has 1 unspecified atom stereocenters. The van der Waals surface area contributed by atoms with Gasteiger partial charge in [-0.05, 0) is 54.8 Å². The Bertz CT molecular complexity index is 954. The molecular weight excluding hydrogens is 341 g/mol. The average molecular weight is 361 g/mol. The average Bonchev–Trinajstić information content (AvgIpc) is 3.03. The Morgan fingerprint density at radius 1 is 1.15 bits per heavy atom. The Labute approximate surface area is 157 Å². The highest BCUT2D eigenvalue weighted by molar-refractivity contribution is 6.07. The van der Waals surface area contributed by atoms with Crippen LogP contribution in [0.3, 0.4) is 0 Å². The molecule has 2 aromatic carbocycles. The van der Waals surface area contributed by atoms with Crippen LogP contribution in [0.4, 0.5) is 15.9 Å². The van der Waals surface area contributed by atoms with Crippen molar-refractivity contribution in [3.8, 4) is 0 Å². The molecule has 2 heterocycles. The van der Waals surface area contributed by atoms with Gasteiger partial charge in [0.25, 0.3) is 5.91 Å². The number of aromatic nitrogens is 1. The summed E-state index contributed by atoms with van der Waals surface area (Å²) >= 11 is 0. The molecule has 5 heteroatoms. The molecule has 4 nitrogen and oxygen atoms in total. The highest BCUT2D eigenvalue weighted by atomic mass is 19.1. The Hall–Kier alpha value is -3.21. The first-order valence-electron chi connectivity index (χ1n) is 8.97. The van der Waals surface area contributed by atoms with Crippen LogP contribution in [0.1, 0.15) is 28.4 Å². The summed E-state index contributed by atoms with van der Waals surface area (Å²) < 4.78 is 12.9. The molecule has 0 radical (unpaired) electrons. The molecule has 0 aliphatic carbocycles. The number of halogens is 1. The molecule has 1 aliphatic rings. The number of hydrogen-bond donors (Lipinski definition) is 1. The topological polar surface area (TPSA) is 45.2 Å². The van der Waals surface area contributed by atoms with Crippen LogP contribution in [0.15, 0.2) is 66.9 Å². The van der Waals surface area contributed by atoms with Crippen molar-refractivity contribution in [2.45, 2.75) is 25.9 Å². The van der Waals surface area contributed by atoms with E-state index in [4.69, 9.17) is 0 Å². The summed E-state index contributed by atoms with van der Waals surface area (Å²) in [6.07, 6.45) is 2.47. The summed E-state index contributed by atoms with van der Waals surface area (Å²) in [6, 6.07) is 18.1. The number of fused-ring (bicyclic) bond motifs is 1. The zero-order chi connectivity index (χ0) is 18.8. The number of nitrogens with zero attached hydrogens (tertiary/aromatic N) is 2. The Balaban J connectivity index is 1.46. The van der Waals surface area contributed by atoms with Crippen molar-refractivity contribution in [2.24, 2.45) is 0 Å². The fourth-order valence-electron chi connectivity index (χ4n) is 3.43. The van der Waals surface area contributed by atoms with Gasteiger partial charge in [0.1, 0.15) is 11.6 Å². The summed E-state index contributed by atoms with van der Waals surface area (Å²) in [6.45, 7) is 2.60. The van der Waals surface area contributed by atoms with Gasteiger partial charge in [0.05, 0.1) is 5.56 Å². The molecule has 0 spiro atoms. The van der Waals surface area contributed by atoms with Crippen molar-refractivity contribution < 1.29 is 9.18 Å². The van der Waals surface area contributed by atoms with Gasteiger partial charge in [-0.15, -0.1) is 0 Å². The number of carbonyl (C=O) groups excluding carboxylic acids is 1. The zero-order valence-electron chi connectivity index (χ0n) is 15.0. The molecule has 1 aromatic heterocycles. The third kappa shape index (κ3) is 3.53. The van der Waals surface area contributed by atoms with E-state index in [0.29, 0.717) is 17.9 Å². The van der Waals surface area contributed by atoms with Crippen molar-refractivity contribution in [1.82, 2.24) is 4.98 Å². The number of rotatable bonds is 4. The fourth-order valence-corrected chi connectivity index (χ4v) is 3.43. The molecule has 4 rings (SSSR count). The summed E-state index contributed by atoms with van der Waals surface area (Å²) in [5, 5.41) is 3.18. The van der Waals surface area contributed by atoms with E-state index < -0.39 is 0 Å². The lowest BCUT2D eigenvalue weighted by molar-refractivity contribution is 0.0981. The monoisotopic (exact) mass is 361 g/mol. The van der Waals surface area contributed by atoms with Gasteiger partial charge < -0.3 is 10.2 Å². The van der Waals surface area contributed by atoms with E-state index in [-0.39, 0.29) is 17.8 Å². The van der Waals surface area contributed by atoms with Crippen LogP contribution in [-0.2, 0) is 13.0 Å². The van der Waals surface area contributed by atoms with Crippen molar-refractivity contribution in [3.05, 3.63) is 89.4 Å². The van der Waals surface area contributed by atoms with Crippen LogP contribution in [-0.4, -0.2) is 16.9 Å². The first kappa shape index (κ1) is 17.2. The van der Waals surface area contributed by atoms with Gasteiger partial charge in [0.2, 0.25) is 0 Å². The summed E-state index contributed by atoms with van der Waals surface area (Å²) in [4.78, 5) is 19.2. The molecule has 0 saturated heterocycles. The van der Waals surface area contributed by atoms with Gasteiger partial charge in [0.15, 0.2) is 0 Å². The lowest BCUT2D eigenvalue weighted by Crippen LogP contribution is -2.35. The lowest BCUT2D eigenvalue weighted by Gasteiger charge is -2.22. The van der Waals surface area contributed by atoms with Crippen molar-refractivity contribution >= 4 is 17.4 Å². The van der Waals surface area contributed by atoms with Crippen LogP contribution in [0, 0.1) is 5.82 Å². The fraction of sp³-hybridized carbons (Fsp3) is 0.182. The smallest absolute Gasteiger partial charge is 0.260 e. The molecular formula is C22H20FN3O. The summed E-state index contributed by atoms with van der Waals surface area (Å²) in [5.41, 5.74) is 3.70. The second-order valence-corrected chi connectivity index (χ2v) is 6.77. The van der Waals surface area contributed by atoms with Gasteiger partial charge in [-0.2, -0.15) is 0 Å². The van der Waals surface area contributed by atoms with Crippen molar-refractivity contribution in [1.29, 1.82) is 0 Å². The SMILES string of the molecule is CC1Cc2ccccc2N1C(=O)c1ccc(NCc2ccc(F)cc2)nc1. The number of carbonyl (C=O) groups is 1. The minimum absolute atomic E-state index is 0.0370. The molecule has 1 aliphatic heterocycles. The molecule has 0 fully saturated rings. The number of nitrogens with one attached hydrogen (secondary N) is 1. The first-order valence-corrected chi connectivity index (χ1v) is 8.97. The molecule has 0 bridgehead atoms. The standard InChI is InChI=1S/C22H20FN3O/c1-15-12-17-4-2-3-5-20(17)26(15)22(27)18-8-11-21(25-14-18)24-13-16-6-9-19(23)10-7-16/h2-11,14-15H,12-13H2,1H3,(H,24,25). The number of hydrogen-bond acceptors (Lipinski definition) is 3. The molecule has 1 amide bonds. The maximum Gasteiger partial charge on any atom is 0.260 e. The Morgan fingerprint density at radius 3 is 2.67 bits per heavy atom. The second-order valence-electron chi connectivity index (χ2n) is 6.77. The van der Waals surface area contributed by atoms with E-state index >= 15 is 0 Å². The normalized spacial score (nSPS) is 15.5. The molecule has 1 atom stereocenters. The Morgan fingerprint density at radius 2 is 1.93 bits per heavy atom. The second kappa shape index (κ2) is 7.19. The van der Waals surface area contributed by atoms with Crippen LogP contribution < -0.4 is 10.2 Å². The minimum Gasteiger partial charge on any atom is -0.366 e. The van der Waals surface area contributed by atoms with E-state index in [1.807, 2.05) is 23.1 Å². The van der Waals surface area contributed by atoms with Gasteiger partial charge in [0, 0.05) is 24.5 Å². The molecule has 3 aromatic rings. The summed E-state index contributed by atoms with van der Waals surface area (Å²) in [7, 11) is 0. The number of anilines is 2. The summed E-state index contributed by atoms with van der Waals surface area (Å²) in [5.74, 6) is 0.383. The van der Waals surface area contributed by atoms with E-state index in [0.717, 1.165) is 17.7 Å². The van der Waals surface area contributed by atoms with Crippen molar-refractivity contribution in [2.75, 3.05) is 10.2 Å². The highest BCUT2D eigenvalue weighted by Gasteiger charge is 2.31. The molecule has 27 heavy (non-hydrogen) atoms. The highest BCUT2D eigenvalue weighted by Crippen LogP contribution is 2.33. The lowest BCUT2D eigenvalue weighted by atomic mass is 10.1. The van der Waals surface area contributed by atoms with E-state index in [1.54, 1.807) is 30.5 Å². The number of amides is 1. The van der Waals surface area contributed by atoms with Gasteiger partial charge in [-0.1, -0.05) is 30.3 Å². The van der Waals surface area contributed by atoms with E-state index in [9.17, 15) is 9.18 Å². The third-order valence-electron chi connectivity index (χ3n) is 4.82. The third-order valence-corrected chi connectivity index (χ3v) is 4.82. The van der Waals surface area contributed by atoms with Crippen LogP contribution in [0.25, 0.3) is 0 Å². The maximum atomic E-state index is 13.0. The van der Waals surface area contributed by atoms with Gasteiger partial charge in [-0.3, -0.25) is 4.79 Å². The quantitative estimate of drug-likeness (QED) is 0.748. The largest absolute Gasteiger partial charge is 0.366 e. The predicted octanol–water partition coefficient (Wildman–Crippen LogP) is 4.42. The van der Waals surface area contributed by atoms with E-state index in [1.165, 1.54) is 17.7 Å². The molecule has 136 valence electrons. The van der Waals surface area contributed by atoms with Gasteiger partial charge in [-0.25, -0.2) is 9.37 Å². The van der Waals surface area contributed by atoms with Gasteiger partial charge >= 0.3 is 0 Å². The van der Waals surface area contributed by atoms with Crippen LogP contribution in [0.2, 0.25) is 0 Å².